The molecule has 0 unspecified atom stereocenters. The second-order valence-corrected chi connectivity index (χ2v) is 5.72. The van der Waals surface area contributed by atoms with Gasteiger partial charge in [0.25, 0.3) is 0 Å². The molecule has 1 heterocycles. The number of hydrogen-bond acceptors (Lipinski definition) is 5. The third-order valence-corrected chi connectivity index (χ3v) is 3.46. The molecule has 0 aliphatic carbocycles. The first-order chi connectivity index (χ1) is 12.1. The Morgan fingerprint density at radius 1 is 0.960 bits per heavy atom. The molecule has 1 amide bonds. The summed E-state index contributed by atoms with van der Waals surface area (Å²) in [4.78, 5) is 19.8. The van der Waals surface area contributed by atoms with Gasteiger partial charge in [0, 0.05) is 35.2 Å². The van der Waals surface area contributed by atoms with Crippen molar-refractivity contribution in [2.24, 2.45) is 0 Å². The SMILES string of the molecule is CC(=O)Nc1cccc(Nc2nccc(Nc3ccc(Cl)cc3)n2)c1. The predicted octanol–water partition coefficient (Wildman–Crippen LogP) is 4.58. The van der Waals surface area contributed by atoms with Crippen molar-refractivity contribution in [1.29, 1.82) is 0 Å². The monoisotopic (exact) mass is 353 g/mol. The molecular formula is C18H16ClN5O. The summed E-state index contributed by atoms with van der Waals surface area (Å²) in [6.45, 7) is 1.47. The summed E-state index contributed by atoms with van der Waals surface area (Å²) in [5, 5.41) is 9.72. The summed E-state index contributed by atoms with van der Waals surface area (Å²) in [5.74, 6) is 0.972. The fraction of sp³-hybridized carbons (Fsp3) is 0.0556. The second-order valence-electron chi connectivity index (χ2n) is 5.28. The average molecular weight is 354 g/mol. The maximum absolute atomic E-state index is 11.1. The van der Waals surface area contributed by atoms with Crippen LogP contribution in [0.3, 0.4) is 0 Å². The van der Waals surface area contributed by atoms with Gasteiger partial charge in [-0.1, -0.05) is 17.7 Å². The van der Waals surface area contributed by atoms with Crippen LogP contribution in [0.25, 0.3) is 0 Å². The molecule has 3 aromatic rings. The van der Waals surface area contributed by atoms with Crippen molar-refractivity contribution in [3.05, 3.63) is 65.8 Å². The van der Waals surface area contributed by atoms with E-state index in [1.54, 1.807) is 24.4 Å². The molecule has 126 valence electrons. The molecule has 0 aliphatic rings. The summed E-state index contributed by atoms with van der Waals surface area (Å²) < 4.78 is 0. The molecule has 2 aromatic carbocycles. The standard InChI is InChI=1S/C18H16ClN5O/c1-12(25)21-15-3-2-4-16(11-15)23-18-20-10-9-17(24-18)22-14-7-5-13(19)6-8-14/h2-11H,1H3,(H,21,25)(H2,20,22,23,24). The lowest BCUT2D eigenvalue weighted by Gasteiger charge is -2.09. The highest BCUT2D eigenvalue weighted by molar-refractivity contribution is 6.30. The van der Waals surface area contributed by atoms with Gasteiger partial charge in [-0.2, -0.15) is 4.98 Å². The molecule has 3 N–H and O–H groups in total. The third kappa shape index (κ3) is 4.92. The van der Waals surface area contributed by atoms with E-state index < -0.39 is 0 Å². The van der Waals surface area contributed by atoms with Crippen LogP contribution in [-0.4, -0.2) is 15.9 Å². The van der Waals surface area contributed by atoms with Gasteiger partial charge in [0.15, 0.2) is 0 Å². The Morgan fingerprint density at radius 2 is 1.72 bits per heavy atom. The van der Waals surface area contributed by atoms with E-state index in [1.165, 1.54) is 6.92 Å². The summed E-state index contributed by atoms with van der Waals surface area (Å²) in [7, 11) is 0. The number of amides is 1. The minimum Gasteiger partial charge on any atom is -0.340 e. The Hall–Kier alpha value is -3.12. The Bertz CT molecular complexity index is 883. The van der Waals surface area contributed by atoms with E-state index in [2.05, 4.69) is 25.9 Å². The van der Waals surface area contributed by atoms with E-state index in [0.717, 1.165) is 11.4 Å². The normalized spacial score (nSPS) is 10.2. The van der Waals surface area contributed by atoms with Gasteiger partial charge in [-0.25, -0.2) is 4.98 Å². The van der Waals surface area contributed by atoms with Crippen LogP contribution in [0.15, 0.2) is 60.8 Å². The number of anilines is 5. The number of benzene rings is 2. The van der Waals surface area contributed by atoms with Crippen molar-refractivity contribution >= 4 is 46.3 Å². The number of halogens is 1. The first-order valence-corrected chi connectivity index (χ1v) is 7.96. The molecule has 0 saturated heterocycles. The van der Waals surface area contributed by atoms with Gasteiger partial charge >= 0.3 is 0 Å². The first kappa shape index (κ1) is 16.7. The molecular weight excluding hydrogens is 338 g/mol. The highest BCUT2D eigenvalue weighted by Gasteiger charge is 2.03. The summed E-state index contributed by atoms with van der Waals surface area (Å²) in [6.07, 6.45) is 1.66. The zero-order valence-electron chi connectivity index (χ0n) is 13.5. The van der Waals surface area contributed by atoms with Gasteiger partial charge in [-0.15, -0.1) is 0 Å². The van der Waals surface area contributed by atoms with E-state index in [4.69, 9.17) is 11.6 Å². The van der Waals surface area contributed by atoms with Gasteiger partial charge in [-0.3, -0.25) is 4.79 Å². The minimum atomic E-state index is -0.123. The Morgan fingerprint density at radius 3 is 2.48 bits per heavy atom. The van der Waals surface area contributed by atoms with E-state index in [9.17, 15) is 4.79 Å². The first-order valence-electron chi connectivity index (χ1n) is 7.59. The molecule has 0 spiro atoms. The molecule has 0 bridgehead atoms. The highest BCUT2D eigenvalue weighted by atomic mass is 35.5. The van der Waals surface area contributed by atoms with Crippen molar-refractivity contribution in [3.8, 4) is 0 Å². The Balaban J connectivity index is 1.73. The van der Waals surface area contributed by atoms with Crippen LogP contribution in [0.4, 0.5) is 28.8 Å². The van der Waals surface area contributed by atoms with Gasteiger partial charge in [0.1, 0.15) is 5.82 Å². The Kier molecular flexibility index (Phi) is 5.11. The molecule has 0 atom stereocenters. The van der Waals surface area contributed by atoms with Crippen molar-refractivity contribution in [3.63, 3.8) is 0 Å². The third-order valence-electron chi connectivity index (χ3n) is 3.21. The van der Waals surface area contributed by atoms with Crippen molar-refractivity contribution in [1.82, 2.24) is 9.97 Å². The molecule has 0 radical (unpaired) electrons. The van der Waals surface area contributed by atoms with Crippen LogP contribution in [0.2, 0.25) is 5.02 Å². The maximum Gasteiger partial charge on any atom is 0.229 e. The number of nitrogens with one attached hydrogen (secondary N) is 3. The summed E-state index contributed by atoms with van der Waals surface area (Å²) in [5.41, 5.74) is 2.35. The number of carbonyl (C=O) groups excluding carboxylic acids is 1. The zero-order valence-corrected chi connectivity index (χ0v) is 14.2. The summed E-state index contributed by atoms with van der Waals surface area (Å²) in [6, 6.07) is 16.4. The van der Waals surface area contributed by atoms with E-state index in [0.29, 0.717) is 22.5 Å². The molecule has 0 fully saturated rings. The van der Waals surface area contributed by atoms with Gasteiger partial charge in [0.05, 0.1) is 0 Å². The number of rotatable bonds is 5. The molecule has 25 heavy (non-hydrogen) atoms. The minimum absolute atomic E-state index is 0.123. The van der Waals surface area contributed by atoms with Gasteiger partial charge in [0.2, 0.25) is 11.9 Å². The predicted molar refractivity (Wildman–Crippen MR) is 101 cm³/mol. The highest BCUT2D eigenvalue weighted by Crippen LogP contribution is 2.21. The van der Waals surface area contributed by atoms with E-state index >= 15 is 0 Å². The number of aromatic nitrogens is 2. The van der Waals surface area contributed by atoms with Crippen molar-refractivity contribution in [2.45, 2.75) is 6.92 Å². The quantitative estimate of drug-likeness (QED) is 0.626. The zero-order chi connectivity index (χ0) is 17.6. The fourth-order valence-electron chi connectivity index (χ4n) is 2.18. The largest absolute Gasteiger partial charge is 0.340 e. The maximum atomic E-state index is 11.1. The summed E-state index contributed by atoms with van der Waals surface area (Å²) >= 11 is 5.88. The van der Waals surface area contributed by atoms with Crippen LogP contribution in [-0.2, 0) is 4.79 Å². The van der Waals surface area contributed by atoms with Gasteiger partial charge in [-0.05, 0) is 48.5 Å². The van der Waals surface area contributed by atoms with Crippen LogP contribution in [0.1, 0.15) is 6.92 Å². The topological polar surface area (TPSA) is 78.9 Å². The second kappa shape index (κ2) is 7.63. The van der Waals surface area contributed by atoms with Crippen molar-refractivity contribution < 1.29 is 4.79 Å². The van der Waals surface area contributed by atoms with Crippen LogP contribution in [0.5, 0.6) is 0 Å². The average Bonchev–Trinajstić information content (AvgIpc) is 2.57. The number of carbonyl (C=O) groups is 1. The molecule has 1 aromatic heterocycles. The molecule has 0 saturated carbocycles. The number of hydrogen-bond donors (Lipinski definition) is 3. The molecule has 0 aliphatic heterocycles. The van der Waals surface area contributed by atoms with E-state index in [1.807, 2.05) is 36.4 Å². The molecule has 7 heteroatoms. The molecule has 3 rings (SSSR count). The lowest BCUT2D eigenvalue weighted by atomic mass is 10.2. The Labute approximate surface area is 150 Å². The molecule has 6 nitrogen and oxygen atoms in total. The van der Waals surface area contributed by atoms with Gasteiger partial charge < -0.3 is 16.0 Å². The smallest absolute Gasteiger partial charge is 0.229 e. The lowest BCUT2D eigenvalue weighted by Crippen LogP contribution is -2.06. The van der Waals surface area contributed by atoms with Crippen LogP contribution in [0, 0.1) is 0 Å². The van der Waals surface area contributed by atoms with Crippen LogP contribution < -0.4 is 16.0 Å². The lowest BCUT2D eigenvalue weighted by molar-refractivity contribution is -0.114. The fourth-order valence-corrected chi connectivity index (χ4v) is 2.30. The van der Waals surface area contributed by atoms with Crippen molar-refractivity contribution in [2.75, 3.05) is 16.0 Å². The van der Waals surface area contributed by atoms with Crippen LogP contribution >= 0.6 is 11.6 Å². The number of nitrogens with zero attached hydrogens (tertiary/aromatic N) is 2. The van der Waals surface area contributed by atoms with E-state index in [-0.39, 0.29) is 5.91 Å².